The molecule has 0 aliphatic heterocycles. The molecular formula is C15H10ClFO2. The van der Waals surface area contributed by atoms with Crippen molar-refractivity contribution in [1.29, 1.82) is 0 Å². The van der Waals surface area contributed by atoms with Crippen LogP contribution in [0.15, 0.2) is 48.5 Å². The molecule has 0 bridgehead atoms. The maximum absolute atomic E-state index is 12.7. The number of rotatable bonds is 3. The predicted molar refractivity (Wildman–Crippen MR) is 72.9 cm³/mol. The monoisotopic (exact) mass is 276 g/mol. The summed E-state index contributed by atoms with van der Waals surface area (Å²) in [6, 6.07) is 10.3. The number of carbonyl (C=O) groups excluding carboxylic acids is 1. The molecule has 0 saturated heterocycles. The van der Waals surface area contributed by atoms with Crippen molar-refractivity contribution >= 4 is 23.5 Å². The minimum Gasteiger partial charge on any atom is -0.506 e. The third kappa shape index (κ3) is 3.20. The number of halogens is 2. The lowest BCUT2D eigenvalue weighted by molar-refractivity contribution is 0.104. The highest BCUT2D eigenvalue weighted by Crippen LogP contribution is 2.27. The van der Waals surface area contributed by atoms with Gasteiger partial charge in [0.1, 0.15) is 11.6 Å². The van der Waals surface area contributed by atoms with Gasteiger partial charge in [-0.15, -0.1) is 0 Å². The van der Waals surface area contributed by atoms with Crippen LogP contribution in [0.2, 0.25) is 5.02 Å². The van der Waals surface area contributed by atoms with Gasteiger partial charge >= 0.3 is 0 Å². The number of hydrogen-bond acceptors (Lipinski definition) is 2. The third-order valence-corrected chi connectivity index (χ3v) is 2.85. The van der Waals surface area contributed by atoms with Crippen LogP contribution in [0, 0.1) is 5.82 Å². The lowest BCUT2D eigenvalue weighted by Gasteiger charge is -2.01. The van der Waals surface area contributed by atoms with Gasteiger partial charge in [-0.05, 0) is 35.9 Å². The van der Waals surface area contributed by atoms with Crippen molar-refractivity contribution in [2.45, 2.75) is 0 Å². The highest BCUT2D eigenvalue weighted by atomic mass is 35.5. The van der Waals surface area contributed by atoms with Crippen LogP contribution < -0.4 is 0 Å². The first-order valence-electron chi connectivity index (χ1n) is 5.53. The number of aromatic hydroxyl groups is 1. The highest BCUT2D eigenvalue weighted by molar-refractivity contribution is 6.32. The number of allylic oxidation sites excluding steroid dienone is 1. The Kier molecular flexibility index (Phi) is 3.97. The topological polar surface area (TPSA) is 37.3 Å². The van der Waals surface area contributed by atoms with Crippen molar-refractivity contribution < 1.29 is 14.3 Å². The maximum atomic E-state index is 12.7. The van der Waals surface area contributed by atoms with Crippen molar-refractivity contribution in [2.24, 2.45) is 0 Å². The smallest absolute Gasteiger partial charge is 0.189 e. The summed E-state index contributed by atoms with van der Waals surface area (Å²) in [5.41, 5.74) is 0.821. The molecule has 0 aliphatic carbocycles. The lowest BCUT2D eigenvalue weighted by atomic mass is 10.1. The number of phenols is 1. The minimum atomic E-state index is -0.371. The SMILES string of the molecule is O=C(/C=C/c1ccc(F)cc1)c1cccc(Cl)c1O. The molecule has 0 radical (unpaired) electrons. The highest BCUT2D eigenvalue weighted by Gasteiger charge is 2.10. The molecule has 0 saturated carbocycles. The Morgan fingerprint density at radius 1 is 1.16 bits per heavy atom. The normalized spacial score (nSPS) is 10.8. The standard InChI is InChI=1S/C15H10ClFO2/c16-13-3-1-2-12(15(13)19)14(18)9-6-10-4-7-11(17)8-5-10/h1-9,19H/b9-6+. The van der Waals surface area contributed by atoms with Crippen molar-refractivity contribution in [2.75, 3.05) is 0 Å². The summed E-state index contributed by atoms with van der Waals surface area (Å²) in [4.78, 5) is 11.9. The van der Waals surface area contributed by atoms with E-state index in [4.69, 9.17) is 11.6 Å². The second kappa shape index (κ2) is 5.67. The van der Waals surface area contributed by atoms with E-state index >= 15 is 0 Å². The largest absolute Gasteiger partial charge is 0.506 e. The van der Waals surface area contributed by atoms with Gasteiger partial charge in [0, 0.05) is 0 Å². The quantitative estimate of drug-likeness (QED) is 0.677. The molecule has 0 aliphatic rings. The number of benzene rings is 2. The summed E-state index contributed by atoms with van der Waals surface area (Å²) >= 11 is 5.72. The van der Waals surface area contributed by atoms with Gasteiger partial charge in [-0.3, -0.25) is 4.79 Å². The Morgan fingerprint density at radius 3 is 2.53 bits per heavy atom. The molecule has 0 spiro atoms. The molecule has 0 atom stereocenters. The molecule has 4 heteroatoms. The zero-order valence-electron chi connectivity index (χ0n) is 9.81. The third-order valence-electron chi connectivity index (χ3n) is 2.55. The summed E-state index contributed by atoms with van der Waals surface area (Å²) in [6.45, 7) is 0. The molecular weight excluding hydrogens is 267 g/mol. The molecule has 0 aromatic heterocycles. The fraction of sp³-hybridized carbons (Fsp3) is 0. The van der Waals surface area contributed by atoms with Crippen molar-refractivity contribution in [1.82, 2.24) is 0 Å². The van der Waals surface area contributed by atoms with Gasteiger partial charge in [0.05, 0.1) is 10.6 Å². The summed E-state index contributed by atoms with van der Waals surface area (Å²) in [6.07, 6.45) is 2.85. The van der Waals surface area contributed by atoms with Gasteiger partial charge in [-0.25, -0.2) is 4.39 Å². The first-order chi connectivity index (χ1) is 9.08. The van der Waals surface area contributed by atoms with Crippen LogP contribution in [0.25, 0.3) is 6.08 Å². The van der Waals surface area contributed by atoms with Crippen LogP contribution in [-0.2, 0) is 0 Å². The molecule has 0 amide bonds. The van der Waals surface area contributed by atoms with Gasteiger partial charge in [0.25, 0.3) is 0 Å². The van der Waals surface area contributed by atoms with E-state index in [1.165, 1.54) is 30.3 Å². The molecule has 2 rings (SSSR count). The number of hydrogen-bond donors (Lipinski definition) is 1. The predicted octanol–water partition coefficient (Wildman–Crippen LogP) is 4.08. The molecule has 0 heterocycles. The molecule has 2 aromatic carbocycles. The summed E-state index contributed by atoms with van der Waals surface area (Å²) < 4.78 is 12.7. The Balaban J connectivity index is 2.21. The molecule has 19 heavy (non-hydrogen) atoms. The van der Waals surface area contributed by atoms with Crippen LogP contribution in [0.5, 0.6) is 5.75 Å². The average Bonchev–Trinajstić information content (AvgIpc) is 2.41. The van der Waals surface area contributed by atoms with Crippen LogP contribution in [0.1, 0.15) is 15.9 Å². The van der Waals surface area contributed by atoms with E-state index in [0.717, 1.165) is 0 Å². The molecule has 1 N–H and O–H groups in total. The maximum Gasteiger partial charge on any atom is 0.189 e. The van der Waals surface area contributed by atoms with E-state index in [1.807, 2.05) is 0 Å². The fourth-order valence-electron chi connectivity index (χ4n) is 1.55. The van der Waals surface area contributed by atoms with Gasteiger partial charge in [0.2, 0.25) is 0 Å². The number of para-hydroxylation sites is 1. The molecule has 2 nitrogen and oxygen atoms in total. The minimum absolute atomic E-state index is 0.126. The Hall–Kier alpha value is -2.13. The van der Waals surface area contributed by atoms with Crippen LogP contribution >= 0.6 is 11.6 Å². The molecule has 96 valence electrons. The first kappa shape index (κ1) is 13.3. The Labute approximate surface area is 114 Å². The van der Waals surface area contributed by atoms with Crippen LogP contribution in [-0.4, -0.2) is 10.9 Å². The van der Waals surface area contributed by atoms with Crippen LogP contribution in [0.3, 0.4) is 0 Å². The Morgan fingerprint density at radius 2 is 1.84 bits per heavy atom. The lowest BCUT2D eigenvalue weighted by Crippen LogP contribution is -1.94. The molecule has 2 aromatic rings. The van der Waals surface area contributed by atoms with Gasteiger partial charge in [-0.2, -0.15) is 0 Å². The number of ketones is 1. The summed E-state index contributed by atoms with van der Waals surface area (Å²) in [5.74, 6) is -0.946. The fourth-order valence-corrected chi connectivity index (χ4v) is 1.72. The van der Waals surface area contributed by atoms with E-state index in [2.05, 4.69) is 0 Å². The van der Waals surface area contributed by atoms with E-state index in [0.29, 0.717) is 5.56 Å². The zero-order valence-corrected chi connectivity index (χ0v) is 10.6. The van der Waals surface area contributed by atoms with Crippen LogP contribution in [0.4, 0.5) is 4.39 Å². The van der Waals surface area contributed by atoms with Crippen molar-refractivity contribution in [3.63, 3.8) is 0 Å². The van der Waals surface area contributed by atoms with Gasteiger partial charge in [-0.1, -0.05) is 35.9 Å². The van der Waals surface area contributed by atoms with E-state index in [1.54, 1.807) is 24.3 Å². The Bertz CT molecular complexity index is 633. The van der Waals surface area contributed by atoms with Gasteiger partial charge < -0.3 is 5.11 Å². The van der Waals surface area contributed by atoms with Crippen molar-refractivity contribution in [3.8, 4) is 5.75 Å². The average molecular weight is 277 g/mol. The second-order valence-electron chi connectivity index (χ2n) is 3.89. The first-order valence-corrected chi connectivity index (χ1v) is 5.91. The van der Waals surface area contributed by atoms with E-state index in [9.17, 15) is 14.3 Å². The summed E-state index contributed by atoms with van der Waals surface area (Å²) in [7, 11) is 0. The van der Waals surface area contributed by atoms with E-state index in [-0.39, 0.29) is 27.9 Å². The number of phenolic OH excluding ortho intramolecular Hbond substituents is 1. The zero-order chi connectivity index (χ0) is 13.8. The van der Waals surface area contributed by atoms with Crippen molar-refractivity contribution in [3.05, 3.63) is 70.5 Å². The second-order valence-corrected chi connectivity index (χ2v) is 4.29. The van der Waals surface area contributed by atoms with E-state index < -0.39 is 0 Å². The van der Waals surface area contributed by atoms with Gasteiger partial charge in [0.15, 0.2) is 5.78 Å². The number of carbonyl (C=O) groups is 1. The molecule has 0 fully saturated rings. The summed E-state index contributed by atoms with van der Waals surface area (Å²) in [5, 5.41) is 9.79. The molecule has 0 unspecified atom stereocenters.